The fourth-order valence-corrected chi connectivity index (χ4v) is 6.56. The Morgan fingerprint density at radius 1 is 1.22 bits per heavy atom. The lowest BCUT2D eigenvalue weighted by atomic mass is 9.50. The van der Waals surface area contributed by atoms with Crippen LogP contribution in [0.3, 0.4) is 0 Å². The van der Waals surface area contributed by atoms with E-state index in [0.717, 1.165) is 32.5 Å². The van der Waals surface area contributed by atoms with Crippen molar-refractivity contribution in [2.45, 2.75) is 76.7 Å². The third-order valence-corrected chi connectivity index (χ3v) is 7.64. The van der Waals surface area contributed by atoms with Gasteiger partial charge in [0.05, 0.1) is 0 Å². The van der Waals surface area contributed by atoms with E-state index in [9.17, 15) is 4.79 Å². The van der Waals surface area contributed by atoms with E-state index in [1.54, 1.807) is 5.56 Å². The van der Waals surface area contributed by atoms with E-state index >= 15 is 0 Å². The van der Waals surface area contributed by atoms with Gasteiger partial charge in [-0.05, 0) is 67.8 Å². The molecule has 1 amide bonds. The molecule has 0 radical (unpaired) electrons. The van der Waals surface area contributed by atoms with Crippen LogP contribution in [-0.4, -0.2) is 36.5 Å². The van der Waals surface area contributed by atoms with Gasteiger partial charge in [-0.3, -0.25) is 4.79 Å². The van der Waals surface area contributed by atoms with E-state index in [-0.39, 0.29) is 0 Å². The number of nitrogens with zero attached hydrogens (tertiary/aromatic N) is 1. The minimum Gasteiger partial charge on any atom is -0.337 e. The summed E-state index contributed by atoms with van der Waals surface area (Å²) in [6, 6.07) is 11.6. The number of rotatable bonds is 4. The number of amides is 1. The quantitative estimate of drug-likeness (QED) is 0.848. The normalized spacial score (nSPS) is 36.4. The molecular weight excluding hydrogens is 332 g/mol. The minimum atomic E-state index is 0.338. The Hall–Kier alpha value is -1.35. The Balaban J connectivity index is 1.45. The summed E-state index contributed by atoms with van der Waals surface area (Å²) in [6.45, 7) is 7.42. The van der Waals surface area contributed by atoms with Crippen molar-refractivity contribution in [3.05, 3.63) is 35.9 Å². The van der Waals surface area contributed by atoms with Crippen LogP contribution < -0.4 is 5.32 Å². The second-order valence-corrected chi connectivity index (χ2v) is 9.94. The van der Waals surface area contributed by atoms with Gasteiger partial charge in [-0.2, -0.15) is 0 Å². The molecule has 1 N–H and O–H groups in total. The van der Waals surface area contributed by atoms with Crippen LogP contribution in [0, 0.1) is 11.3 Å². The van der Waals surface area contributed by atoms with Gasteiger partial charge < -0.3 is 10.2 Å². The van der Waals surface area contributed by atoms with Crippen molar-refractivity contribution in [2.75, 3.05) is 19.6 Å². The number of piperazine rings is 1. The Kier molecular flexibility index (Phi) is 5.33. The van der Waals surface area contributed by atoms with Gasteiger partial charge in [-0.25, -0.2) is 0 Å². The molecule has 1 aliphatic heterocycles. The van der Waals surface area contributed by atoms with Crippen molar-refractivity contribution in [3.63, 3.8) is 0 Å². The SMILES string of the molecule is C[C@H]1CNCCN1C(=O)CCC1CC2(C)CCCC(c3ccccc3)(C1)C2. The minimum absolute atomic E-state index is 0.338. The highest BCUT2D eigenvalue weighted by atomic mass is 16.2. The second kappa shape index (κ2) is 7.58. The first-order valence-electron chi connectivity index (χ1n) is 11.1. The number of nitrogens with one attached hydrogen (secondary N) is 1. The van der Waals surface area contributed by atoms with Crippen molar-refractivity contribution in [2.24, 2.45) is 11.3 Å². The summed E-state index contributed by atoms with van der Waals surface area (Å²) < 4.78 is 0. The van der Waals surface area contributed by atoms with E-state index in [1.165, 1.54) is 38.5 Å². The monoisotopic (exact) mass is 368 g/mol. The van der Waals surface area contributed by atoms with E-state index in [4.69, 9.17) is 0 Å². The van der Waals surface area contributed by atoms with Crippen LogP contribution >= 0.6 is 0 Å². The molecule has 0 spiro atoms. The summed E-state index contributed by atoms with van der Waals surface area (Å²) in [6.07, 6.45) is 9.77. The standard InChI is InChI=1S/C24H36N2O/c1-19-17-25-13-14-26(19)22(27)10-9-20-15-23(2)11-6-12-24(16-20,18-23)21-7-4-3-5-8-21/h3-5,7-8,19-20,25H,6,9-18H2,1-2H3/t19-,20?,23?,24?/m0/s1. The van der Waals surface area contributed by atoms with E-state index in [2.05, 4.69) is 54.4 Å². The lowest BCUT2D eigenvalue weighted by molar-refractivity contribution is -0.134. The van der Waals surface area contributed by atoms with Crippen LogP contribution in [0.25, 0.3) is 0 Å². The number of carbonyl (C=O) groups is 1. The molecule has 27 heavy (non-hydrogen) atoms. The highest BCUT2D eigenvalue weighted by Gasteiger charge is 2.49. The molecule has 0 aromatic heterocycles. The molecule has 3 heteroatoms. The number of carbonyl (C=O) groups excluding carboxylic acids is 1. The van der Waals surface area contributed by atoms with Gasteiger partial charge in [0.15, 0.2) is 0 Å². The second-order valence-electron chi connectivity index (χ2n) is 9.94. The summed E-state index contributed by atoms with van der Waals surface area (Å²) in [7, 11) is 0. The van der Waals surface area contributed by atoms with Crippen LogP contribution in [0.1, 0.15) is 70.8 Å². The molecule has 148 valence electrons. The molecule has 4 rings (SSSR count). The summed E-state index contributed by atoms with van der Waals surface area (Å²) in [5.74, 6) is 1.06. The van der Waals surface area contributed by atoms with Gasteiger partial charge in [0.2, 0.25) is 5.91 Å². The van der Waals surface area contributed by atoms with Gasteiger partial charge >= 0.3 is 0 Å². The van der Waals surface area contributed by atoms with Crippen LogP contribution in [0.5, 0.6) is 0 Å². The molecule has 3 fully saturated rings. The summed E-state index contributed by atoms with van der Waals surface area (Å²) in [5.41, 5.74) is 2.35. The first kappa shape index (κ1) is 19.0. The largest absolute Gasteiger partial charge is 0.337 e. The third kappa shape index (κ3) is 3.94. The van der Waals surface area contributed by atoms with Gasteiger partial charge in [0, 0.05) is 32.1 Å². The van der Waals surface area contributed by atoms with Crippen molar-refractivity contribution in [1.82, 2.24) is 10.2 Å². The Morgan fingerprint density at radius 3 is 2.81 bits per heavy atom. The summed E-state index contributed by atoms with van der Waals surface area (Å²) in [4.78, 5) is 14.9. The Labute approximate surface area is 164 Å². The number of hydrogen-bond acceptors (Lipinski definition) is 2. The average Bonchev–Trinajstić information content (AvgIpc) is 2.66. The zero-order valence-electron chi connectivity index (χ0n) is 17.2. The highest BCUT2D eigenvalue weighted by molar-refractivity contribution is 5.76. The topological polar surface area (TPSA) is 32.3 Å². The van der Waals surface area contributed by atoms with Crippen LogP contribution in [0.2, 0.25) is 0 Å². The van der Waals surface area contributed by atoms with Crippen LogP contribution in [0.4, 0.5) is 0 Å². The van der Waals surface area contributed by atoms with E-state index in [1.807, 2.05) is 0 Å². The van der Waals surface area contributed by atoms with Crippen LogP contribution in [0.15, 0.2) is 30.3 Å². The third-order valence-electron chi connectivity index (χ3n) is 7.64. The van der Waals surface area contributed by atoms with Crippen LogP contribution in [-0.2, 0) is 10.2 Å². The number of fused-ring (bicyclic) bond motifs is 2. The molecule has 1 aromatic carbocycles. The Bertz CT molecular complexity index is 660. The van der Waals surface area contributed by atoms with E-state index < -0.39 is 0 Å². The molecule has 1 aromatic rings. The first-order valence-corrected chi connectivity index (χ1v) is 11.1. The molecule has 2 bridgehead atoms. The maximum Gasteiger partial charge on any atom is 0.222 e. The molecule has 1 saturated heterocycles. The van der Waals surface area contributed by atoms with Crippen molar-refractivity contribution >= 4 is 5.91 Å². The van der Waals surface area contributed by atoms with Crippen molar-refractivity contribution < 1.29 is 4.79 Å². The zero-order valence-corrected chi connectivity index (χ0v) is 17.2. The fourth-order valence-electron chi connectivity index (χ4n) is 6.56. The molecule has 4 atom stereocenters. The van der Waals surface area contributed by atoms with Gasteiger partial charge in [0.1, 0.15) is 0 Å². The highest BCUT2D eigenvalue weighted by Crippen LogP contribution is 2.58. The molecule has 2 saturated carbocycles. The van der Waals surface area contributed by atoms with Crippen molar-refractivity contribution in [3.8, 4) is 0 Å². The first-order chi connectivity index (χ1) is 13.0. The maximum atomic E-state index is 12.8. The predicted molar refractivity (Wildman–Crippen MR) is 111 cm³/mol. The molecule has 3 nitrogen and oxygen atoms in total. The van der Waals surface area contributed by atoms with Gasteiger partial charge in [-0.15, -0.1) is 0 Å². The average molecular weight is 369 g/mol. The van der Waals surface area contributed by atoms with Crippen molar-refractivity contribution in [1.29, 1.82) is 0 Å². The lowest BCUT2D eigenvalue weighted by Gasteiger charge is -2.54. The molecule has 3 aliphatic rings. The molecule has 2 aliphatic carbocycles. The number of hydrogen-bond donors (Lipinski definition) is 1. The summed E-state index contributed by atoms with van der Waals surface area (Å²) in [5, 5.41) is 3.39. The fraction of sp³-hybridized carbons (Fsp3) is 0.708. The van der Waals surface area contributed by atoms with Gasteiger partial charge in [0.25, 0.3) is 0 Å². The molecule has 1 heterocycles. The molecule has 3 unspecified atom stereocenters. The molecular formula is C24H36N2O. The summed E-state index contributed by atoms with van der Waals surface area (Å²) >= 11 is 0. The zero-order chi connectivity index (χ0) is 18.9. The Morgan fingerprint density at radius 2 is 2.04 bits per heavy atom. The predicted octanol–water partition coefficient (Wildman–Crippen LogP) is 4.52. The van der Waals surface area contributed by atoms with E-state index in [0.29, 0.717) is 28.7 Å². The lowest BCUT2D eigenvalue weighted by Crippen LogP contribution is -2.52. The maximum absolute atomic E-state index is 12.8. The van der Waals surface area contributed by atoms with Gasteiger partial charge in [-0.1, -0.05) is 43.7 Å². The smallest absolute Gasteiger partial charge is 0.222 e. The number of benzene rings is 1.